The fraction of sp³-hybridized carbons (Fsp3) is 0.250. The first-order valence-electron chi connectivity index (χ1n) is 6.61. The van der Waals surface area contributed by atoms with Gasteiger partial charge in [0.15, 0.2) is 0 Å². The van der Waals surface area contributed by atoms with Crippen molar-refractivity contribution in [3.05, 3.63) is 53.6 Å². The first kappa shape index (κ1) is 14.5. The Kier molecular flexibility index (Phi) is 5.13. The van der Waals surface area contributed by atoms with Gasteiger partial charge >= 0.3 is 0 Å². The predicted molar refractivity (Wildman–Crippen MR) is 85.7 cm³/mol. The lowest BCUT2D eigenvalue weighted by atomic mass is 10.2. The topological polar surface area (TPSA) is 38.5 Å². The highest BCUT2D eigenvalue weighted by Crippen LogP contribution is 2.26. The van der Waals surface area contributed by atoms with Crippen molar-refractivity contribution in [3.63, 3.8) is 0 Å². The van der Waals surface area contributed by atoms with Crippen LogP contribution in [0.15, 0.2) is 48.5 Å². The molecule has 0 aliphatic rings. The molecule has 2 aromatic rings. The molecule has 0 fully saturated rings. The molecule has 0 amide bonds. The van der Waals surface area contributed by atoms with Crippen molar-refractivity contribution in [3.8, 4) is 5.75 Å². The van der Waals surface area contributed by atoms with Crippen LogP contribution in [0.25, 0.3) is 0 Å². The lowest BCUT2D eigenvalue weighted by Crippen LogP contribution is -2.21. The number of hydrogen-bond acceptors (Lipinski definition) is 3. The molecule has 0 aliphatic carbocycles. The number of nitrogen functional groups attached to an aromatic ring is 1. The number of benzene rings is 2. The average Bonchev–Trinajstić information content (AvgIpc) is 2.47. The Balaban J connectivity index is 1.80. The number of ether oxygens (including phenoxy) is 1. The van der Waals surface area contributed by atoms with Gasteiger partial charge in [0, 0.05) is 18.6 Å². The van der Waals surface area contributed by atoms with E-state index in [1.54, 1.807) is 6.07 Å². The molecule has 4 heteroatoms. The average molecular weight is 291 g/mol. The van der Waals surface area contributed by atoms with Gasteiger partial charge in [-0.1, -0.05) is 29.8 Å². The quantitative estimate of drug-likeness (QED) is 0.649. The van der Waals surface area contributed by atoms with Crippen LogP contribution in [0, 0.1) is 0 Å². The van der Waals surface area contributed by atoms with Crippen LogP contribution in [-0.4, -0.2) is 20.2 Å². The van der Waals surface area contributed by atoms with E-state index in [1.807, 2.05) is 49.5 Å². The summed E-state index contributed by atoms with van der Waals surface area (Å²) in [6, 6.07) is 15.3. The molecule has 3 nitrogen and oxygen atoms in total. The number of rotatable bonds is 6. The summed E-state index contributed by atoms with van der Waals surface area (Å²) < 4.78 is 5.66. The second-order valence-electron chi connectivity index (χ2n) is 4.64. The Morgan fingerprint density at radius 2 is 1.90 bits per heavy atom. The molecule has 0 radical (unpaired) electrons. The largest absolute Gasteiger partial charge is 0.494 e. The zero-order valence-electron chi connectivity index (χ0n) is 11.6. The Morgan fingerprint density at radius 3 is 2.65 bits per heavy atom. The van der Waals surface area contributed by atoms with Gasteiger partial charge in [-0.3, -0.25) is 0 Å². The molecule has 106 valence electrons. The van der Waals surface area contributed by atoms with Crippen LogP contribution in [-0.2, 0) is 0 Å². The molecule has 0 saturated heterocycles. The first-order valence-corrected chi connectivity index (χ1v) is 6.98. The monoisotopic (exact) mass is 290 g/mol. The van der Waals surface area contributed by atoms with Crippen LogP contribution in [0.5, 0.6) is 5.75 Å². The molecule has 0 heterocycles. The molecule has 0 unspecified atom stereocenters. The number of halogens is 1. The maximum Gasteiger partial charge on any atom is 0.119 e. The minimum absolute atomic E-state index is 0.675. The van der Waals surface area contributed by atoms with E-state index >= 15 is 0 Å². The highest BCUT2D eigenvalue weighted by Gasteiger charge is 2.06. The number of para-hydroxylation sites is 1. The second kappa shape index (κ2) is 7.06. The Hall–Kier alpha value is -1.87. The first-order chi connectivity index (χ1) is 9.66. The van der Waals surface area contributed by atoms with Crippen LogP contribution in [0.1, 0.15) is 6.42 Å². The SMILES string of the molecule is CN(CCCOc1ccccc1)c1cc(Cl)ccc1N. The normalized spacial score (nSPS) is 10.3. The molecule has 0 bridgehead atoms. The molecule has 0 atom stereocenters. The lowest BCUT2D eigenvalue weighted by molar-refractivity contribution is 0.312. The van der Waals surface area contributed by atoms with Gasteiger partial charge in [0.1, 0.15) is 5.75 Å². The molecule has 0 aliphatic heterocycles. The van der Waals surface area contributed by atoms with Gasteiger partial charge in [0.25, 0.3) is 0 Å². The Bertz CT molecular complexity index is 545. The minimum atomic E-state index is 0.675. The predicted octanol–water partition coefficient (Wildman–Crippen LogP) is 3.83. The van der Waals surface area contributed by atoms with Crippen LogP contribution >= 0.6 is 11.6 Å². The molecular formula is C16H19ClN2O. The highest BCUT2D eigenvalue weighted by molar-refractivity contribution is 6.31. The third kappa shape index (κ3) is 4.07. The van der Waals surface area contributed by atoms with E-state index < -0.39 is 0 Å². The van der Waals surface area contributed by atoms with Crippen molar-refractivity contribution in [2.75, 3.05) is 30.8 Å². The lowest BCUT2D eigenvalue weighted by Gasteiger charge is -2.21. The number of anilines is 2. The summed E-state index contributed by atoms with van der Waals surface area (Å²) in [5.74, 6) is 0.900. The third-order valence-electron chi connectivity index (χ3n) is 3.05. The van der Waals surface area contributed by atoms with Crippen LogP contribution in [0.4, 0.5) is 11.4 Å². The van der Waals surface area contributed by atoms with Crippen LogP contribution < -0.4 is 15.4 Å². The Morgan fingerprint density at radius 1 is 1.15 bits per heavy atom. The van der Waals surface area contributed by atoms with Gasteiger partial charge in [-0.2, -0.15) is 0 Å². The van der Waals surface area contributed by atoms with E-state index in [0.717, 1.165) is 30.1 Å². The summed E-state index contributed by atoms with van der Waals surface area (Å²) in [7, 11) is 2.00. The molecule has 0 saturated carbocycles. The third-order valence-corrected chi connectivity index (χ3v) is 3.29. The maximum atomic E-state index is 6.00. The van der Waals surface area contributed by atoms with Gasteiger partial charge in [-0.15, -0.1) is 0 Å². The minimum Gasteiger partial charge on any atom is -0.494 e. The summed E-state index contributed by atoms with van der Waals surface area (Å²) in [4.78, 5) is 2.09. The van der Waals surface area contributed by atoms with E-state index in [2.05, 4.69) is 4.90 Å². The molecule has 2 rings (SSSR count). The fourth-order valence-corrected chi connectivity index (χ4v) is 2.14. The van der Waals surface area contributed by atoms with E-state index in [0.29, 0.717) is 11.6 Å². The standard InChI is InChI=1S/C16H19ClN2O/c1-19(16-12-13(17)8-9-15(16)18)10-5-11-20-14-6-3-2-4-7-14/h2-4,6-9,12H,5,10-11,18H2,1H3. The Labute approximate surface area is 124 Å². The van der Waals surface area contributed by atoms with Crippen LogP contribution in [0.3, 0.4) is 0 Å². The second-order valence-corrected chi connectivity index (χ2v) is 5.08. The van der Waals surface area contributed by atoms with Crippen molar-refractivity contribution >= 4 is 23.0 Å². The summed E-state index contributed by atoms with van der Waals surface area (Å²) in [5, 5.41) is 0.696. The molecule has 2 aromatic carbocycles. The summed E-state index contributed by atoms with van der Waals surface area (Å²) >= 11 is 6.00. The van der Waals surface area contributed by atoms with E-state index in [-0.39, 0.29) is 0 Å². The zero-order chi connectivity index (χ0) is 14.4. The summed E-state index contributed by atoms with van der Waals surface area (Å²) in [5.41, 5.74) is 7.65. The number of nitrogens with two attached hydrogens (primary N) is 1. The molecular weight excluding hydrogens is 272 g/mol. The van der Waals surface area contributed by atoms with Gasteiger partial charge in [0.2, 0.25) is 0 Å². The number of nitrogens with zero attached hydrogens (tertiary/aromatic N) is 1. The molecule has 20 heavy (non-hydrogen) atoms. The van der Waals surface area contributed by atoms with Crippen molar-refractivity contribution in [2.45, 2.75) is 6.42 Å². The number of hydrogen-bond donors (Lipinski definition) is 1. The maximum absolute atomic E-state index is 6.00. The fourth-order valence-electron chi connectivity index (χ4n) is 1.98. The molecule has 0 spiro atoms. The van der Waals surface area contributed by atoms with Crippen molar-refractivity contribution < 1.29 is 4.74 Å². The highest BCUT2D eigenvalue weighted by atomic mass is 35.5. The molecule has 2 N–H and O–H groups in total. The molecule has 0 aromatic heterocycles. The smallest absolute Gasteiger partial charge is 0.119 e. The van der Waals surface area contributed by atoms with Crippen LogP contribution in [0.2, 0.25) is 5.02 Å². The van der Waals surface area contributed by atoms with Gasteiger partial charge in [0.05, 0.1) is 18.0 Å². The van der Waals surface area contributed by atoms with Crippen molar-refractivity contribution in [2.24, 2.45) is 0 Å². The van der Waals surface area contributed by atoms with Crippen molar-refractivity contribution in [1.82, 2.24) is 0 Å². The summed E-state index contributed by atoms with van der Waals surface area (Å²) in [6.07, 6.45) is 0.914. The van der Waals surface area contributed by atoms with E-state index in [9.17, 15) is 0 Å². The van der Waals surface area contributed by atoms with E-state index in [4.69, 9.17) is 22.1 Å². The van der Waals surface area contributed by atoms with E-state index in [1.165, 1.54) is 0 Å². The summed E-state index contributed by atoms with van der Waals surface area (Å²) in [6.45, 7) is 1.53. The van der Waals surface area contributed by atoms with Gasteiger partial charge in [-0.05, 0) is 36.8 Å². The van der Waals surface area contributed by atoms with Crippen molar-refractivity contribution in [1.29, 1.82) is 0 Å². The zero-order valence-corrected chi connectivity index (χ0v) is 12.3. The van der Waals surface area contributed by atoms with Gasteiger partial charge < -0.3 is 15.4 Å². The van der Waals surface area contributed by atoms with Gasteiger partial charge in [-0.25, -0.2) is 0 Å².